The predicted octanol–water partition coefficient (Wildman–Crippen LogP) is 3.12. The molecule has 84 valence electrons. The van der Waals surface area contributed by atoms with Crippen LogP contribution in [0.3, 0.4) is 0 Å². The summed E-state index contributed by atoms with van der Waals surface area (Å²) in [5, 5.41) is 2.97. The van der Waals surface area contributed by atoms with Crippen LogP contribution in [-0.4, -0.2) is 12.7 Å². The van der Waals surface area contributed by atoms with Gasteiger partial charge in [-0.1, -0.05) is 30.3 Å². The van der Waals surface area contributed by atoms with Crippen LogP contribution < -0.4 is 5.32 Å². The zero-order valence-electron chi connectivity index (χ0n) is 8.35. The molecular weight excluding hydrogens is 203 g/mol. The summed E-state index contributed by atoms with van der Waals surface area (Å²) in [6, 6.07) is 9.61. The Hall–Kier alpha value is -1.03. The third-order valence-electron chi connectivity index (χ3n) is 1.99. The van der Waals surface area contributed by atoms with Crippen LogP contribution in [0.2, 0.25) is 0 Å². The summed E-state index contributed by atoms with van der Waals surface area (Å²) in [4.78, 5) is 0. The van der Waals surface area contributed by atoms with Crippen molar-refractivity contribution in [1.82, 2.24) is 5.32 Å². The van der Waals surface area contributed by atoms with E-state index in [1.807, 2.05) is 30.3 Å². The van der Waals surface area contributed by atoms with E-state index in [1.54, 1.807) is 0 Å². The highest BCUT2D eigenvalue weighted by Gasteiger charge is 2.25. The Morgan fingerprint density at radius 1 is 1.07 bits per heavy atom. The van der Waals surface area contributed by atoms with Crippen molar-refractivity contribution in [3.8, 4) is 0 Å². The summed E-state index contributed by atoms with van der Waals surface area (Å²) >= 11 is 0. The Labute approximate surface area is 87.3 Å². The molecule has 0 fully saturated rings. The van der Waals surface area contributed by atoms with Crippen LogP contribution in [0.25, 0.3) is 0 Å². The molecule has 0 spiro atoms. The van der Waals surface area contributed by atoms with Gasteiger partial charge >= 0.3 is 6.18 Å². The number of hydrogen-bond donors (Lipinski definition) is 1. The maximum atomic E-state index is 11.8. The molecule has 0 aliphatic rings. The van der Waals surface area contributed by atoms with Gasteiger partial charge in [0.25, 0.3) is 0 Å². The molecule has 0 aliphatic heterocycles. The van der Waals surface area contributed by atoms with E-state index in [2.05, 4.69) is 5.32 Å². The van der Waals surface area contributed by atoms with Gasteiger partial charge in [-0.25, -0.2) is 0 Å². The molecule has 0 heterocycles. The van der Waals surface area contributed by atoms with E-state index in [0.29, 0.717) is 13.1 Å². The summed E-state index contributed by atoms with van der Waals surface area (Å²) < 4.78 is 35.3. The summed E-state index contributed by atoms with van der Waals surface area (Å²) in [5.41, 5.74) is 1.09. The van der Waals surface area contributed by atoms with Gasteiger partial charge in [0.1, 0.15) is 0 Å². The second-order valence-corrected chi connectivity index (χ2v) is 3.38. The molecule has 1 rings (SSSR count). The maximum absolute atomic E-state index is 11.8. The van der Waals surface area contributed by atoms with Crippen molar-refractivity contribution in [2.75, 3.05) is 6.54 Å². The van der Waals surface area contributed by atoms with Gasteiger partial charge in [-0.05, 0) is 18.5 Å². The molecule has 4 heteroatoms. The minimum Gasteiger partial charge on any atom is -0.313 e. The molecule has 0 saturated carbocycles. The smallest absolute Gasteiger partial charge is 0.313 e. The van der Waals surface area contributed by atoms with Crippen LogP contribution in [-0.2, 0) is 6.54 Å². The molecule has 1 aromatic carbocycles. The highest BCUT2D eigenvalue weighted by Crippen LogP contribution is 2.20. The van der Waals surface area contributed by atoms with Crippen LogP contribution in [0.4, 0.5) is 13.2 Å². The van der Waals surface area contributed by atoms with Gasteiger partial charge in [0.05, 0.1) is 0 Å². The van der Waals surface area contributed by atoms with Crippen LogP contribution in [0.5, 0.6) is 0 Å². The molecule has 0 aromatic heterocycles. The van der Waals surface area contributed by atoms with Crippen molar-refractivity contribution in [2.24, 2.45) is 0 Å². The zero-order chi connectivity index (χ0) is 11.1. The maximum Gasteiger partial charge on any atom is 0.389 e. The molecule has 0 atom stereocenters. The molecule has 0 unspecified atom stereocenters. The number of alkyl halides is 3. The molecule has 0 aliphatic carbocycles. The number of nitrogens with one attached hydrogen (secondary N) is 1. The number of benzene rings is 1. The highest BCUT2D eigenvalue weighted by molar-refractivity contribution is 5.14. The monoisotopic (exact) mass is 217 g/mol. The summed E-state index contributed by atoms with van der Waals surface area (Å²) in [6.45, 7) is 1.02. The van der Waals surface area contributed by atoms with Crippen molar-refractivity contribution in [1.29, 1.82) is 0 Å². The number of hydrogen-bond acceptors (Lipinski definition) is 1. The summed E-state index contributed by atoms with van der Waals surface area (Å²) in [5.74, 6) is 0. The van der Waals surface area contributed by atoms with Crippen LogP contribution in [0.15, 0.2) is 30.3 Å². The molecule has 15 heavy (non-hydrogen) atoms. The fourth-order valence-corrected chi connectivity index (χ4v) is 1.24. The Morgan fingerprint density at radius 3 is 2.33 bits per heavy atom. The van der Waals surface area contributed by atoms with E-state index in [1.165, 1.54) is 0 Å². The Balaban J connectivity index is 2.08. The van der Waals surface area contributed by atoms with Crippen molar-refractivity contribution in [3.63, 3.8) is 0 Å². The topological polar surface area (TPSA) is 12.0 Å². The van der Waals surface area contributed by atoms with Crippen molar-refractivity contribution in [2.45, 2.75) is 25.6 Å². The van der Waals surface area contributed by atoms with Gasteiger partial charge in [-0.2, -0.15) is 13.2 Å². The predicted molar refractivity (Wildman–Crippen MR) is 53.4 cm³/mol. The normalized spacial score (nSPS) is 11.7. The van der Waals surface area contributed by atoms with E-state index in [9.17, 15) is 13.2 Å². The third kappa shape index (κ3) is 6.12. The molecule has 0 radical (unpaired) electrons. The van der Waals surface area contributed by atoms with Gasteiger partial charge in [0.15, 0.2) is 0 Å². The van der Waals surface area contributed by atoms with Gasteiger partial charge < -0.3 is 5.32 Å². The van der Waals surface area contributed by atoms with Crippen molar-refractivity contribution >= 4 is 0 Å². The first-order valence-electron chi connectivity index (χ1n) is 4.89. The number of halogens is 3. The first-order valence-corrected chi connectivity index (χ1v) is 4.89. The quantitative estimate of drug-likeness (QED) is 0.747. The van der Waals surface area contributed by atoms with Crippen molar-refractivity contribution in [3.05, 3.63) is 35.9 Å². The minimum absolute atomic E-state index is 0.135. The highest BCUT2D eigenvalue weighted by atomic mass is 19.4. The van der Waals surface area contributed by atoms with E-state index in [0.717, 1.165) is 5.56 Å². The zero-order valence-corrected chi connectivity index (χ0v) is 8.35. The Morgan fingerprint density at radius 2 is 1.73 bits per heavy atom. The molecule has 0 bridgehead atoms. The molecule has 1 N–H and O–H groups in total. The Kier molecular flexibility index (Phi) is 4.62. The number of rotatable bonds is 5. The fourth-order valence-electron chi connectivity index (χ4n) is 1.24. The summed E-state index contributed by atoms with van der Waals surface area (Å²) in [6.07, 6.45) is -4.61. The van der Waals surface area contributed by atoms with Gasteiger partial charge in [-0.15, -0.1) is 0 Å². The standard InChI is InChI=1S/C11H14F3N/c12-11(13,14)7-4-8-15-9-10-5-2-1-3-6-10/h1-3,5-6,15H,4,7-9H2. The lowest BCUT2D eigenvalue weighted by Gasteiger charge is -2.07. The SMILES string of the molecule is FC(F)(F)CCCNCc1ccccc1. The lowest BCUT2D eigenvalue weighted by molar-refractivity contribution is -0.135. The van der Waals surface area contributed by atoms with Crippen LogP contribution >= 0.6 is 0 Å². The molecule has 0 saturated heterocycles. The van der Waals surface area contributed by atoms with Gasteiger partial charge in [0, 0.05) is 13.0 Å². The molecule has 1 aromatic rings. The summed E-state index contributed by atoms with van der Waals surface area (Å²) in [7, 11) is 0. The second kappa shape index (κ2) is 5.75. The fraction of sp³-hybridized carbons (Fsp3) is 0.455. The average Bonchev–Trinajstić information content (AvgIpc) is 2.17. The van der Waals surface area contributed by atoms with Gasteiger partial charge in [0.2, 0.25) is 0 Å². The average molecular weight is 217 g/mol. The van der Waals surface area contributed by atoms with E-state index >= 15 is 0 Å². The lowest BCUT2D eigenvalue weighted by atomic mass is 10.2. The molecule has 1 nitrogen and oxygen atoms in total. The third-order valence-corrected chi connectivity index (χ3v) is 1.99. The van der Waals surface area contributed by atoms with Crippen molar-refractivity contribution < 1.29 is 13.2 Å². The van der Waals surface area contributed by atoms with Crippen LogP contribution in [0, 0.1) is 0 Å². The largest absolute Gasteiger partial charge is 0.389 e. The Bertz CT molecular complexity index is 269. The van der Waals surface area contributed by atoms with Crippen LogP contribution in [0.1, 0.15) is 18.4 Å². The van der Waals surface area contributed by atoms with E-state index in [4.69, 9.17) is 0 Å². The molecular formula is C11H14F3N. The lowest BCUT2D eigenvalue weighted by Crippen LogP contribution is -2.17. The first-order chi connectivity index (χ1) is 7.08. The minimum atomic E-state index is -4.03. The molecule has 0 amide bonds. The second-order valence-electron chi connectivity index (χ2n) is 3.38. The van der Waals surface area contributed by atoms with E-state index in [-0.39, 0.29) is 6.42 Å². The first kappa shape index (κ1) is 12.0. The van der Waals surface area contributed by atoms with Gasteiger partial charge in [-0.3, -0.25) is 0 Å². The van der Waals surface area contributed by atoms with E-state index < -0.39 is 12.6 Å².